The number of hydrogen-bond donors (Lipinski definition) is 3. The molecule has 2 aromatic rings. The predicted molar refractivity (Wildman–Crippen MR) is 132 cm³/mol. The summed E-state index contributed by atoms with van der Waals surface area (Å²) in [6.45, 7) is 5.06. The van der Waals surface area contributed by atoms with Gasteiger partial charge in [0.2, 0.25) is 0 Å². The molecule has 0 saturated carbocycles. The second kappa shape index (κ2) is 13.2. The minimum atomic E-state index is -5.63. The molecule has 38 heavy (non-hydrogen) atoms. The van der Waals surface area contributed by atoms with Crippen LogP contribution in [0.15, 0.2) is 36.4 Å². The average molecular weight is 551 g/mol. The van der Waals surface area contributed by atoms with Gasteiger partial charge in [0, 0.05) is 0 Å². The molecule has 2 aromatic carbocycles. The van der Waals surface area contributed by atoms with Gasteiger partial charge in [0.15, 0.2) is 5.92 Å². The third-order valence-electron chi connectivity index (χ3n) is 6.98. The second-order valence-corrected chi connectivity index (χ2v) is 9.41. The Morgan fingerprint density at radius 1 is 0.842 bits per heavy atom. The molecule has 2 rings (SSSR count). The van der Waals surface area contributed by atoms with Crippen molar-refractivity contribution in [3.63, 3.8) is 0 Å². The second-order valence-electron chi connectivity index (χ2n) is 9.41. The summed E-state index contributed by atoms with van der Waals surface area (Å²) in [6.07, 6.45) is -12.8. The zero-order valence-corrected chi connectivity index (χ0v) is 21.8. The maximum atomic E-state index is 13.2. The van der Waals surface area contributed by atoms with Crippen molar-refractivity contribution in [3.05, 3.63) is 64.2 Å². The number of ether oxygens (including phenoxy) is 1. The van der Waals surface area contributed by atoms with Crippen molar-refractivity contribution in [1.82, 2.24) is 0 Å². The van der Waals surface area contributed by atoms with Crippen molar-refractivity contribution in [1.29, 1.82) is 0 Å². The third kappa shape index (κ3) is 7.42. The Bertz CT molecular complexity index is 1020. The van der Waals surface area contributed by atoms with Crippen LogP contribution in [0.1, 0.15) is 74.3 Å². The molecule has 4 nitrogen and oxygen atoms in total. The van der Waals surface area contributed by atoms with Crippen molar-refractivity contribution < 1.29 is 46.4 Å². The lowest BCUT2D eigenvalue weighted by atomic mass is 9.79. The Balaban J connectivity index is 2.55. The summed E-state index contributed by atoms with van der Waals surface area (Å²) >= 11 is 0. The summed E-state index contributed by atoms with van der Waals surface area (Å²) in [5.74, 6) is -3.43. The Hall–Kier alpha value is -2.30. The van der Waals surface area contributed by atoms with Gasteiger partial charge < -0.3 is 20.1 Å². The fraction of sp³-hybridized carbons (Fsp3) is 0.571. The van der Waals surface area contributed by atoms with Gasteiger partial charge in [-0.05, 0) is 72.1 Å². The summed E-state index contributed by atoms with van der Waals surface area (Å²) in [4.78, 5) is 0. The average Bonchev–Trinajstić information content (AvgIpc) is 2.85. The number of aliphatic hydroxyl groups is 3. The van der Waals surface area contributed by atoms with Crippen molar-refractivity contribution in [2.24, 2.45) is 5.92 Å². The lowest BCUT2D eigenvalue weighted by Crippen LogP contribution is -2.45. The first-order chi connectivity index (χ1) is 17.8. The molecule has 2 atom stereocenters. The van der Waals surface area contributed by atoms with Gasteiger partial charge in [0.05, 0.1) is 19.3 Å². The number of alkyl halides is 6. The van der Waals surface area contributed by atoms with E-state index in [-0.39, 0.29) is 19.6 Å². The topological polar surface area (TPSA) is 69.9 Å². The maximum Gasteiger partial charge on any atom is 0.403 e. The number of aliphatic hydroxyl groups excluding tert-OH is 3. The summed E-state index contributed by atoms with van der Waals surface area (Å²) < 4.78 is 85.6. The normalized spacial score (nSPS) is 15.0. The molecule has 0 aromatic heterocycles. The Kier molecular flexibility index (Phi) is 11.1. The van der Waals surface area contributed by atoms with E-state index in [0.717, 1.165) is 5.56 Å². The zero-order chi connectivity index (χ0) is 28.7. The highest BCUT2D eigenvalue weighted by Crippen LogP contribution is 2.44. The standard InChI is InChI=1S/C28H36F6O4/c1-4-14-26(6-3,38-21-11-10-19(16-35)20(15-21)17-36)23-9-7-8-18(5-2)22(23)12-13-24(37)25(27(29,30)31)28(32,33)34/h7-11,15,24-25,35-37H,4-6,12-14,16-17H2,1-3H3. The van der Waals surface area contributed by atoms with Crippen LogP contribution >= 0.6 is 0 Å². The molecule has 0 radical (unpaired) electrons. The van der Waals surface area contributed by atoms with E-state index in [1.54, 1.807) is 36.4 Å². The molecule has 0 saturated heterocycles. The smallest absolute Gasteiger partial charge is 0.403 e. The van der Waals surface area contributed by atoms with Gasteiger partial charge in [0.25, 0.3) is 0 Å². The Morgan fingerprint density at radius 2 is 1.47 bits per heavy atom. The minimum absolute atomic E-state index is 0.205. The largest absolute Gasteiger partial charge is 0.483 e. The maximum absolute atomic E-state index is 13.2. The van der Waals surface area contributed by atoms with Crippen LogP contribution in [-0.2, 0) is 31.7 Å². The Morgan fingerprint density at radius 3 is 1.97 bits per heavy atom. The first-order valence-electron chi connectivity index (χ1n) is 12.7. The molecule has 0 spiro atoms. The van der Waals surface area contributed by atoms with Crippen molar-refractivity contribution >= 4 is 0 Å². The molecule has 0 fully saturated rings. The molecule has 214 valence electrons. The molecular formula is C28H36F6O4. The predicted octanol–water partition coefficient (Wildman–Crippen LogP) is 6.75. The van der Waals surface area contributed by atoms with Gasteiger partial charge in [-0.3, -0.25) is 0 Å². The number of halogens is 6. The molecule has 3 N–H and O–H groups in total. The van der Waals surface area contributed by atoms with E-state index >= 15 is 0 Å². The summed E-state index contributed by atoms with van der Waals surface area (Å²) in [5.41, 5.74) is 1.98. The van der Waals surface area contributed by atoms with E-state index in [9.17, 15) is 41.7 Å². The quantitative estimate of drug-likeness (QED) is 0.241. The first kappa shape index (κ1) is 31.9. The van der Waals surface area contributed by atoms with Crippen LogP contribution in [0.5, 0.6) is 5.75 Å². The first-order valence-corrected chi connectivity index (χ1v) is 12.7. The van der Waals surface area contributed by atoms with Crippen molar-refractivity contribution in [3.8, 4) is 5.75 Å². The SMILES string of the molecule is CCCC(CC)(Oc1ccc(CO)c(CO)c1)c1cccc(CC)c1CCC(O)C(C(F)(F)F)C(F)(F)F. The van der Waals surface area contributed by atoms with Crippen LogP contribution in [0.4, 0.5) is 26.3 Å². The minimum Gasteiger partial charge on any atom is -0.483 e. The molecule has 0 amide bonds. The van der Waals surface area contributed by atoms with Crippen LogP contribution in [0, 0.1) is 5.92 Å². The van der Waals surface area contributed by atoms with Crippen LogP contribution in [0.3, 0.4) is 0 Å². The molecular weight excluding hydrogens is 514 g/mol. The summed E-state index contributed by atoms with van der Waals surface area (Å²) in [6, 6.07) is 10.2. The van der Waals surface area contributed by atoms with E-state index < -0.39 is 36.4 Å². The fourth-order valence-electron chi connectivity index (χ4n) is 5.05. The molecule has 0 aliphatic heterocycles. The molecule has 0 aliphatic carbocycles. The van der Waals surface area contributed by atoms with Crippen LogP contribution < -0.4 is 4.74 Å². The lowest BCUT2D eigenvalue weighted by Gasteiger charge is -2.37. The molecule has 0 bridgehead atoms. The monoisotopic (exact) mass is 550 g/mol. The molecule has 2 unspecified atom stereocenters. The molecule has 10 heteroatoms. The van der Waals surface area contributed by atoms with E-state index in [0.29, 0.717) is 53.7 Å². The number of benzene rings is 2. The molecule has 0 aliphatic rings. The highest BCUT2D eigenvalue weighted by Gasteiger charge is 2.59. The fourth-order valence-corrected chi connectivity index (χ4v) is 5.05. The van der Waals surface area contributed by atoms with Gasteiger partial charge in [-0.2, -0.15) is 26.3 Å². The van der Waals surface area contributed by atoms with Gasteiger partial charge in [0.1, 0.15) is 11.4 Å². The number of rotatable bonds is 13. The van der Waals surface area contributed by atoms with E-state index in [2.05, 4.69) is 0 Å². The zero-order valence-electron chi connectivity index (χ0n) is 21.8. The highest BCUT2D eigenvalue weighted by atomic mass is 19.4. The summed E-state index contributed by atoms with van der Waals surface area (Å²) in [7, 11) is 0. The van der Waals surface area contributed by atoms with Gasteiger partial charge in [-0.15, -0.1) is 0 Å². The lowest BCUT2D eigenvalue weighted by molar-refractivity contribution is -0.306. The number of aryl methyl sites for hydroxylation is 1. The van der Waals surface area contributed by atoms with Gasteiger partial charge in [-0.25, -0.2) is 0 Å². The van der Waals surface area contributed by atoms with E-state index in [4.69, 9.17) is 4.74 Å². The van der Waals surface area contributed by atoms with Crippen LogP contribution in [0.25, 0.3) is 0 Å². The summed E-state index contributed by atoms with van der Waals surface area (Å²) in [5, 5.41) is 29.3. The van der Waals surface area contributed by atoms with Crippen LogP contribution in [0.2, 0.25) is 0 Å². The van der Waals surface area contributed by atoms with E-state index in [1.165, 1.54) is 0 Å². The Labute approximate surface area is 219 Å². The van der Waals surface area contributed by atoms with E-state index in [1.807, 2.05) is 20.8 Å². The van der Waals surface area contributed by atoms with Gasteiger partial charge in [-0.1, -0.05) is 51.5 Å². The van der Waals surface area contributed by atoms with Crippen molar-refractivity contribution in [2.45, 2.75) is 96.6 Å². The highest BCUT2D eigenvalue weighted by molar-refractivity contribution is 5.42. The van der Waals surface area contributed by atoms with Gasteiger partial charge >= 0.3 is 12.4 Å². The van der Waals surface area contributed by atoms with Crippen LogP contribution in [-0.4, -0.2) is 33.8 Å². The molecule has 0 heterocycles. The number of hydrogen-bond acceptors (Lipinski definition) is 4. The van der Waals surface area contributed by atoms with Crippen molar-refractivity contribution in [2.75, 3.05) is 0 Å². The third-order valence-corrected chi connectivity index (χ3v) is 6.98.